The molecule has 124 valence electrons. The van der Waals surface area contributed by atoms with E-state index in [1.54, 1.807) is 0 Å². The van der Waals surface area contributed by atoms with Crippen LogP contribution in [0, 0.1) is 17.9 Å². The first-order chi connectivity index (χ1) is 11.3. The molecular weight excluding hydrogens is 458 g/mol. The van der Waals surface area contributed by atoms with Gasteiger partial charge in [-0.05, 0) is 56.1 Å². The van der Waals surface area contributed by atoms with Crippen LogP contribution in [0.4, 0.5) is 23.2 Å². The van der Waals surface area contributed by atoms with E-state index >= 15 is 0 Å². The summed E-state index contributed by atoms with van der Waals surface area (Å²) in [6.07, 6.45) is 0.678. The standard InChI is InChI=1S/C16H7Br2F4NO/c17-11-7-9(16(21,22)5-6-19)8-12(18)14(11)23-15(24)10-3-1-2-4-13(10)20/h1-4,7-8H,(H,23,24). The summed E-state index contributed by atoms with van der Waals surface area (Å²) in [7, 11) is 0. The molecule has 24 heavy (non-hydrogen) atoms. The van der Waals surface area contributed by atoms with Crippen molar-refractivity contribution in [3.63, 3.8) is 0 Å². The highest BCUT2D eigenvalue weighted by molar-refractivity contribution is 9.11. The number of alkyl halides is 2. The third-order valence-corrected chi connectivity index (χ3v) is 4.22. The van der Waals surface area contributed by atoms with Gasteiger partial charge >= 0.3 is 5.92 Å². The molecule has 2 aromatic carbocycles. The van der Waals surface area contributed by atoms with Crippen molar-refractivity contribution in [2.24, 2.45) is 0 Å². The molecule has 0 atom stereocenters. The summed E-state index contributed by atoms with van der Waals surface area (Å²) in [5.74, 6) is -4.01. The Kier molecular flexibility index (Phi) is 5.67. The largest absolute Gasteiger partial charge is 0.336 e. The Labute approximate surface area is 151 Å². The molecule has 2 aromatic rings. The zero-order chi connectivity index (χ0) is 17.9. The summed E-state index contributed by atoms with van der Waals surface area (Å²) in [4.78, 5) is 12.1. The van der Waals surface area contributed by atoms with Crippen LogP contribution in [0.3, 0.4) is 0 Å². The second kappa shape index (κ2) is 7.36. The van der Waals surface area contributed by atoms with Crippen LogP contribution in [0.5, 0.6) is 0 Å². The molecule has 2 rings (SSSR count). The van der Waals surface area contributed by atoms with Crippen LogP contribution < -0.4 is 5.32 Å². The maximum Gasteiger partial charge on any atom is 0.336 e. The highest BCUT2D eigenvalue weighted by Gasteiger charge is 2.31. The van der Waals surface area contributed by atoms with Crippen LogP contribution in [0.2, 0.25) is 0 Å². The first kappa shape index (κ1) is 18.5. The lowest BCUT2D eigenvalue weighted by atomic mass is 10.1. The zero-order valence-corrected chi connectivity index (χ0v) is 14.8. The lowest BCUT2D eigenvalue weighted by Crippen LogP contribution is -2.16. The van der Waals surface area contributed by atoms with Crippen molar-refractivity contribution in [1.29, 1.82) is 0 Å². The van der Waals surface area contributed by atoms with Crippen LogP contribution in [-0.2, 0) is 5.92 Å². The van der Waals surface area contributed by atoms with Crippen molar-refractivity contribution in [2.75, 3.05) is 5.32 Å². The Morgan fingerprint density at radius 1 is 1.12 bits per heavy atom. The number of hydrogen-bond donors (Lipinski definition) is 1. The van der Waals surface area contributed by atoms with Crippen LogP contribution >= 0.6 is 31.9 Å². The quantitative estimate of drug-likeness (QED) is 0.463. The van der Waals surface area contributed by atoms with Crippen molar-refractivity contribution < 1.29 is 22.4 Å². The highest BCUT2D eigenvalue weighted by atomic mass is 79.9. The molecule has 0 aliphatic carbocycles. The smallest absolute Gasteiger partial charge is 0.320 e. The van der Waals surface area contributed by atoms with Crippen molar-refractivity contribution in [3.05, 3.63) is 62.3 Å². The molecular formula is C16H7Br2F4NO. The average molecular weight is 465 g/mol. The van der Waals surface area contributed by atoms with Gasteiger partial charge in [-0.15, -0.1) is 4.39 Å². The summed E-state index contributed by atoms with van der Waals surface area (Å²) >= 11 is 6.09. The van der Waals surface area contributed by atoms with E-state index in [1.165, 1.54) is 18.2 Å². The fraction of sp³-hybridized carbons (Fsp3) is 0.0625. The van der Waals surface area contributed by atoms with E-state index in [1.807, 2.05) is 0 Å². The number of rotatable bonds is 3. The van der Waals surface area contributed by atoms with Gasteiger partial charge in [-0.3, -0.25) is 4.79 Å². The average Bonchev–Trinajstić information content (AvgIpc) is 2.50. The minimum atomic E-state index is -3.70. The maximum absolute atomic E-state index is 13.6. The van der Waals surface area contributed by atoms with E-state index in [2.05, 4.69) is 37.2 Å². The summed E-state index contributed by atoms with van der Waals surface area (Å²) in [6.45, 7) is 0. The summed E-state index contributed by atoms with van der Waals surface area (Å²) in [5, 5.41) is 2.42. The molecule has 0 unspecified atom stereocenters. The summed E-state index contributed by atoms with van der Waals surface area (Å²) in [5.41, 5.74) is -0.652. The number of nitrogens with one attached hydrogen (secondary N) is 1. The van der Waals surface area contributed by atoms with Crippen molar-refractivity contribution in [3.8, 4) is 12.1 Å². The van der Waals surface area contributed by atoms with E-state index in [0.29, 0.717) is 6.17 Å². The summed E-state index contributed by atoms with van der Waals surface area (Å²) in [6, 6.07) is 7.31. The molecule has 2 nitrogen and oxygen atoms in total. The molecule has 1 N–H and O–H groups in total. The number of halogens is 6. The second-order valence-electron chi connectivity index (χ2n) is 4.54. The lowest BCUT2D eigenvalue weighted by Gasteiger charge is -2.15. The Balaban J connectivity index is 2.37. The second-order valence-corrected chi connectivity index (χ2v) is 6.25. The molecule has 0 bridgehead atoms. The van der Waals surface area contributed by atoms with Gasteiger partial charge < -0.3 is 5.32 Å². The maximum atomic E-state index is 13.6. The van der Waals surface area contributed by atoms with Gasteiger partial charge in [-0.1, -0.05) is 12.1 Å². The van der Waals surface area contributed by atoms with Gasteiger partial charge in [0.15, 0.2) is 0 Å². The van der Waals surface area contributed by atoms with Crippen LogP contribution in [0.1, 0.15) is 15.9 Å². The number of carbonyl (C=O) groups is 1. The van der Waals surface area contributed by atoms with Gasteiger partial charge in [0, 0.05) is 20.4 Å². The Bertz CT molecular complexity index is 836. The molecule has 0 radical (unpaired) electrons. The van der Waals surface area contributed by atoms with Crippen LogP contribution in [-0.4, -0.2) is 5.91 Å². The van der Waals surface area contributed by atoms with E-state index in [0.717, 1.165) is 24.1 Å². The fourth-order valence-corrected chi connectivity index (χ4v) is 3.22. The third kappa shape index (κ3) is 3.97. The molecule has 0 aliphatic heterocycles. The topological polar surface area (TPSA) is 29.1 Å². The lowest BCUT2D eigenvalue weighted by molar-refractivity contribution is 0.0633. The van der Waals surface area contributed by atoms with Gasteiger partial charge in [0.05, 0.1) is 11.3 Å². The van der Waals surface area contributed by atoms with Gasteiger partial charge in [0.25, 0.3) is 5.91 Å². The number of carbonyl (C=O) groups excluding carboxylic acids is 1. The van der Waals surface area contributed by atoms with E-state index in [4.69, 9.17) is 0 Å². The molecule has 0 aliphatic rings. The molecule has 0 spiro atoms. The normalized spacial score (nSPS) is 10.8. The van der Waals surface area contributed by atoms with Crippen molar-refractivity contribution in [2.45, 2.75) is 5.92 Å². The highest BCUT2D eigenvalue weighted by Crippen LogP contribution is 2.38. The number of benzene rings is 2. The molecule has 1 amide bonds. The molecule has 0 fully saturated rings. The Morgan fingerprint density at radius 2 is 1.71 bits per heavy atom. The van der Waals surface area contributed by atoms with Crippen LogP contribution in [0.25, 0.3) is 0 Å². The van der Waals surface area contributed by atoms with Gasteiger partial charge in [0.1, 0.15) is 12.0 Å². The van der Waals surface area contributed by atoms with E-state index in [-0.39, 0.29) is 20.2 Å². The SMILES string of the molecule is O=C(Nc1c(Br)cc(C(F)(F)C#CF)cc1Br)c1ccccc1F. The minimum Gasteiger partial charge on any atom is -0.320 e. The number of amides is 1. The molecule has 0 heterocycles. The predicted molar refractivity (Wildman–Crippen MR) is 89.0 cm³/mol. The van der Waals surface area contributed by atoms with Crippen LogP contribution in [0.15, 0.2) is 45.3 Å². The summed E-state index contributed by atoms with van der Waals surface area (Å²) < 4.78 is 53.0. The zero-order valence-electron chi connectivity index (χ0n) is 11.6. The molecule has 8 heteroatoms. The van der Waals surface area contributed by atoms with E-state index in [9.17, 15) is 22.4 Å². The minimum absolute atomic E-state index is 0.0943. The third-order valence-electron chi connectivity index (χ3n) is 2.97. The number of anilines is 1. The van der Waals surface area contributed by atoms with E-state index < -0.39 is 23.2 Å². The fourth-order valence-electron chi connectivity index (χ4n) is 1.83. The molecule has 0 aromatic heterocycles. The first-order valence-electron chi connectivity index (χ1n) is 6.32. The Hall–Kier alpha value is -1.85. The van der Waals surface area contributed by atoms with Gasteiger partial charge in [-0.25, -0.2) is 4.39 Å². The van der Waals surface area contributed by atoms with Crippen molar-refractivity contribution in [1.82, 2.24) is 0 Å². The first-order valence-corrected chi connectivity index (χ1v) is 7.91. The van der Waals surface area contributed by atoms with Gasteiger partial charge in [-0.2, -0.15) is 8.78 Å². The van der Waals surface area contributed by atoms with Gasteiger partial charge in [0.2, 0.25) is 0 Å². The van der Waals surface area contributed by atoms with Crippen molar-refractivity contribution >= 4 is 43.5 Å². The molecule has 0 saturated heterocycles. The predicted octanol–water partition coefficient (Wildman–Crippen LogP) is 5.63. The number of hydrogen-bond acceptors (Lipinski definition) is 1. The molecule has 0 saturated carbocycles. The monoisotopic (exact) mass is 463 g/mol. The Morgan fingerprint density at radius 3 is 2.25 bits per heavy atom.